The lowest BCUT2D eigenvalue weighted by Crippen LogP contribution is -2.34. The van der Waals surface area contributed by atoms with E-state index in [1.54, 1.807) is 0 Å². The van der Waals surface area contributed by atoms with E-state index in [4.69, 9.17) is 4.74 Å². The molecule has 0 radical (unpaired) electrons. The highest BCUT2D eigenvalue weighted by atomic mass is 16.5. The van der Waals surface area contributed by atoms with Gasteiger partial charge in [-0.1, -0.05) is 6.07 Å². The Balaban J connectivity index is 2.01. The number of nitrogens with zero attached hydrogens (tertiary/aromatic N) is 1. The monoisotopic (exact) mass is 255 g/mol. The van der Waals surface area contributed by atoms with E-state index in [1.165, 1.54) is 0 Å². The van der Waals surface area contributed by atoms with E-state index in [-0.39, 0.29) is 5.78 Å². The fourth-order valence-corrected chi connectivity index (χ4v) is 2.63. The second-order valence-corrected chi connectivity index (χ2v) is 5.37. The molecule has 1 saturated heterocycles. The van der Waals surface area contributed by atoms with Crippen molar-refractivity contribution in [1.82, 2.24) is 4.98 Å². The van der Waals surface area contributed by atoms with Gasteiger partial charge in [0.15, 0.2) is 5.78 Å². The number of ketones is 1. The molecule has 0 spiro atoms. The molecule has 0 aliphatic carbocycles. The lowest BCUT2D eigenvalue weighted by Gasteiger charge is -2.21. The van der Waals surface area contributed by atoms with E-state index >= 15 is 0 Å². The molecule has 1 aliphatic heterocycles. The molecule has 19 heavy (non-hydrogen) atoms. The van der Waals surface area contributed by atoms with Gasteiger partial charge < -0.3 is 4.74 Å². The molecule has 1 aromatic carbocycles. The lowest BCUT2D eigenvalue weighted by molar-refractivity contribution is 0.0213. The third-order valence-corrected chi connectivity index (χ3v) is 3.79. The molecule has 1 aliphatic rings. The van der Waals surface area contributed by atoms with Crippen LogP contribution < -0.4 is 0 Å². The summed E-state index contributed by atoms with van der Waals surface area (Å²) in [6.07, 6.45) is 1.76. The number of Topliss-reactive ketones (excluding diaryl/α,β-unsaturated/α-hetero) is 1. The van der Waals surface area contributed by atoms with Crippen LogP contribution in [0.3, 0.4) is 0 Å². The average molecular weight is 255 g/mol. The molecule has 3 rings (SSSR count). The van der Waals surface area contributed by atoms with Gasteiger partial charge in [0, 0.05) is 23.3 Å². The van der Waals surface area contributed by atoms with Gasteiger partial charge in [-0.15, -0.1) is 0 Å². The third-order valence-electron chi connectivity index (χ3n) is 3.79. The van der Waals surface area contributed by atoms with Crippen LogP contribution in [-0.2, 0) is 4.74 Å². The Kier molecular flexibility index (Phi) is 2.86. The predicted molar refractivity (Wildman–Crippen MR) is 74.4 cm³/mol. The van der Waals surface area contributed by atoms with Gasteiger partial charge >= 0.3 is 0 Å². The molecule has 0 saturated carbocycles. The summed E-state index contributed by atoms with van der Waals surface area (Å²) in [7, 11) is 0. The van der Waals surface area contributed by atoms with Gasteiger partial charge in [-0.25, -0.2) is 0 Å². The van der Waals surface area contributed by atoms with Gasteiger partial charge in [0.1, 0.15) is 5.60 Å². The molecule has 3 heteroatoms. The maximum atomic E-state index is 12.5. The van der Waals surface area contributed by atoms with Gasteiger partial charge in [0.2, 0.25) is 0 Å². The number of carbonyl (C=O) groups is 1. The van der Waals surface area contributed by atoms with Crippen LogP contribution in [0.2, 0.25) is 0 Å². The molecule has 1 atom stereocenters. The number of carbonyl (C=O) groups excluding carboxylic acids is 1. The highest BCUT2D eigenvalue weighted by Crippen LogP contribution is 2.29. The first-order valence-corrected chi connectivity index (χ1v) is 6.65. The number of ether oxygens (including phenoxy) is 1. The average Bonchev–Trinajstić information content (AvgIpc) is 2.85. The van der Waals surface area contributed by atoms with E-state index < -0.39 is 5.60 Å². The number of hydrogen-bond donors (Lipinski definition) is 0. The number of aryl methyl sites for hydroxylation is 1. The topological polar surface area (TPSA) is 39.2 Å². The Bertz CT molecular complexity index is 642. The number of hydrogen-bond acceptors (Lipinski definition) is 3. The first-order valence-electron chi connectivity index (χ1n) is 6.65. The van der Waals surface area contributed by atoms with Crippen LogP contribution in [0, 0.1) is 6.92 Å². The normalized spacial score (nSPS) is 22.8. The van der Waals surface area contributed by atoms with E-state index in [2.05, 4.69) is 4.98 Å². The number of pyridine rings is 1. The minimum atomic E-state index is -0.647. The minimum Gasteiger partial charge on any atom is -0.367 e. The van der Waals surface area contributed by atoms with Crippen LogP contribution in [0.25, 0.3) is 10.9 Å². The molecule has 0 N–H and O–H groups in total. The van der Waals surface area contributed by atoms with Crippen molar-refractivity contribution in [2.45, 2.75) is 32.3 Å². The van der Waals surface area contributed by atoms with Crippen molar-refractivity contribution in [3.63, 3.8) is 0 Å². The second-order valence-electron chi connectivity index (χ2n) is 5.37. The zero-order valence-electron chi connectivity index (χ0n) is 11.3. The molecule has 98 valence electrons. The summed E-state index contributed by atoms with van der Waals surface area (Å²) in [6, 6.07) is 9.64. The summed E-state index contributed by atoms with van der Waals surface area (Å²) in [5.74, 6) is 0.0764. The molecule has 1 aromatic heterocycles. The maximum absolute atomic E-state index is 12.5. The quantitative estimate of drug-likeness (QED) is 0.773. The zero-order chi connectivity index (χ0) is 13.5. The summed E-state index contributed by atoms with van der Waals surface area (Å²) in [5, 5.41) is 0.998. The van der Waals surface area contributed by atoms with E-state index in [0.29, 0.717) is 12.2 Å². The van der Waals surface area contributed by atoms with Crippen LogP contribution >= 0.6 is 0 Å². The van der Waals surface area contributed by atoms with Crippen LogP contribution in [0.5, 0.6) is 0 Å². The van der Waals surface area contributed by atoms with Gasteiger partial charge in [0.25, 0.3) is 0 Å². The summed E-state index contributed by atoms with van der Waals surface area (Å²) >= 11 is 0. The minimum absolute atomic E-state index is 0.0764. The highest BCUT2D eigenvalue weighted by Gasteiger charge is 2.38. The number of benzene rings is 1. The number of rotatable bonds is 2. The van der Waals surface area contributed by atoms with Crippen molar-refractivity contribution in [3.05, 3.63) is 41.6 Å². The molecular formula is C16H17NO2. The smallest absolute Gasteiger partial charge is 0.194 e. The largest absolute Gasteiger partial charge is 0.367 e. The van der Waals surface area contributed by atoms with Crippen LogP contribution in [-0.4, -0.2) is 23.0 Å². The molecular weight excluding hydrogens is 238 g/mol. The Morgan fingerprint density at radius 3 is 2.89 bits per heavy atom. The first-order chi connectivity index (χ1) is 9.08. The summed E-state index contributed by atoms with van der Waals surface area (Å²) in [6.45, 7) is 4.53. The standard InChI is InChI=1S/C16H17NO2/c1-11-4-5-12-10-13(6-7-14(12)17-11)15(18)16(2)8-3-9-19-16/h4-7,10H,3,8-9H2,1-2H3. The second kappa shape index (κ2) is 4.42. The Hall–Kier alpha value is -1.74. The third kappa shape index (κ3) is 2.15. The van der Waals surface area contributed by atoms with Gasteiger partial charge in [0.05, 0.1) is 5.52 Å². The predicted octanol–water partition coefficient (Wildman–Crippen LogP) is 3.30. The van der Waals surface area contributed by atoms with Crippen molar-refractivity contribution in [2.75, 3.05) is 6.61 Å². The number of fused-ring (bicyclic) bond motifs is 1. The Morgan fingerprint density at radius 2 is 2.16 bits per heavy atom. The number of aromatic nitrogens is 1. The van der Waals surface area contributed by atoms with Gasteiger partial charge in [-0.3, -0.25) is 9.78 Å². The van der Waals surface area contributed by atoms with E-state index in [9.17, 15) is 4.79 Å². The van der Waals surface area contributed by atoms with Gasteiger partial charge in [-0.05, 0) is 51.0 Å². The molecule has 2 heterocycles. The van der Waals surface area contributed by atoms with Crippen LogP contribution in [0.15, 0.2) is 30.3 Å². The van der Waals surface area contributed by atoms with Crippen molar-refractivity contribution >= 4 is 16.7 Å². The summed E-state index contributed by atoms with van der Waals surface area (Å²) in [4.78, 5) is 17.0. The molecule has 1 fully saturated rings. The Labute approximate surface area is 112 Å². The Morgan fingerprint density at radius 1 is 1.32 bits per heavy atom. The van der Waals surface area contributed by atoms with Crippen LogP contribution in [0.4, 0.5) is 0 Å². The summed E-state index contributed by atoms with van der Waals surface area (Å²) < 4.78 is 5.62. The highest BCUT2D eigenvalue weighted by molar-refractivity contribution is 6.04. The first kappa shape index (κ1) is 12.3. The van der Waals surface area contributed by atoms with Crippen molar-refractivity contribution in [2.24, 2.45) is 0 Å². The van der Waals surface area contributed by atoms with Crippen molar-refractivity contribution in [1.29, 1.82) is 0 Å². The molecule has 2 aromatic rings. The molecule has 0 bridgehead atoms. The summed E-state index contributed by atoms with van der Waals surface area (Å²) in [5.41, 5.74) is 1.97. The van der Waals surface area contributed by atoms with Crippen molar-refractivity contribution < 1.29 is 9.53 Å². The van der Waals surface area contributed by atoms with Crippen molar-refractivity contribution in [3.8, 4) is 0 Å². The zero-order valence-corrected chi connectivity index (χ0v) is 11.3. The van der Waals surface area contributed by atoms with Crippen LogP contribution in [0.1, 0.15) is 35.8 Å². The lowest BCUT2D eigenvalue weighted by atomic mass is 9.91. The van der Waals surface area contributed by atoms with E-state index in [0.717, 1.165) is 29.4 Å². The fraction of sp³-hybridized carbons (Fsp3) is 0.375. The van der Waals surface area contributed by atoms with E-state index in [1.807, 2.05) is 44.2 Å². The van der Waals surface area contributed by atoms with Gasteiger partial charge in [-0.2, -0.15) is 0 Å². The fourth-order valence-electron chi connectivity index (χ4n) is 2.63. The molecule has 1 unspecified atom stereocenters. The molecule has 0 amide bonds. The molecule has 3 nitrogen and oxygen atoms in total. The maximum Gasteiger partial charge on any atom is 0.194 e. The SMILES string of the molecule is Cc1ccc2cc(C(=O)C3(C)CCCO3)ccc2n1.